The molecule has 2 aromatic heterocycles. The van der Waals surface area contributed by atoms with Gasteiger partial charge in [0.05, 0.1) is 11.5 Å². The molecule has 0 bridgehead atoms. The predicted octanol–water partition coefficient (Wildman–Crippen LogP) is 1.40. The number of hydrogen-bond acceptors (Lipinski definition) is 5. The lowest BCUT2D eigenvalue weighted by molar-refractivity contribution is -0.116. The lowest BCUT2D eigenvalue weighted by Crippen LogP contribution is -2.35. The number of H-pyrrole nitrogens is 2. The molecule has 0 atom stereocenters. The fraction of sp³-hybridized carbons (Fsp3) is 0.409. The third-order valence-corrected chi connectivity index (χ3v) is 5.98. The molecule has 1 saturated heterocycles. The summed E-state index contributed by atoms with van der Waals surface area (Å²) in [5.74, 6) is -0.199. The van der Waals surface area contributed by atoms with Crippen LogP contribution < -0.4 is 21.3 Å². The van der Waals surface area contributed by atoms with Gasteiger partial charge in [-0.15, -0.1) is 0 Å². The van der Waals surface area contributed by atoms with Gasteiger partial charge in [-0.1, -0.05) is 0 Å². The first kappa shape index (κ1) is 20.9. The van der Waals surface area contributed by atoms with Gasteiger partial charge in [0.1, 0.15) is 5.65 Å². The molecular weight excluding hydrogens is 398 g/mol. The summed E-state index contributed by atoms with van der Waals surface area (Å²) in [7, 11) is 1.66. The van der Waals surface area contributed by atoms with E-state index < -0.39 is 0 Å². The normalized spacial score (nSPS) is 14.9. The molecule has 3 aromatic rings. The molecule has 0 aliphatic carbocycles. The van der Waals surface area contributed by atoms with Crippen LogP contribution in [0.2, 0.25) is 0 Å². The maximum Gasteiger partial charge on any atom is 0.273 e. The van der Waals surface area contributed by atoms with Crippen molar-refractivity contribution in [1.82, 2.24) is 14.8 Å². The summed E-state index contributed by atoms with van der Waals surface area (Å²) in [6.07, 6.45) is 1.68. The van der Waals surface area contributed by atoms with E-state index >= 15 is 0 Å². The number of hydrogen-bond donors (Lipinski definition) is 4. The van der Waals surface area contributed by atoms with Crippen LogP contribution in [0.15, 0.2) is 33.9 Å². The predicted molar refractivity (Wildman–Crippen MR) is 120 cm³/mol. The zero-order valence-corrected chi connectivity index (χ0v) is 17.7. The third-order valence-electron chi connectivity index (χ3n) is 5.98. The summed E-state index contributed by atoms with van der Waals surface area (Å²) in [5.41, 5.74) is 2.69. The maximum absolute atomic E-state index is 12.5. The van der Waals surface area contributed by atoms with Crippen LogP contribution in [0.3, 0.4) is 0 Å². The molecule has 164 valence electrons. The van der Waals surface area contributed by atoms with Crippen molar-refractivity contribution >= 4 is 28.3 Å². The number of aliphatic hydroxyl groups excluding tert-OH is 1. The van der Waals surface area contributed by atoms with Gasteiger partial charge in [-0.25, -0.2) is 0 Å². The van der Waals surface area contributed by atoms with Crippen molar-refractivity contribution in [2.45, 2.75) is 38.7 Å². The Morgan fingerprint density at radius 1 is 1.16 bits per heavy atom. The standard InChI is InChI=1S/C22H27N5O4/c1-13-17(21(30)24-20-19(13)22(31)25-26(20)2)7-8-18(29)23-14-3-5-15(6-4-14)27-11-9-16(28)10-12-27/h3-6,16,28H,7-12H2,1-2H3,(H,23,29)(H,24,30)(H,25,31). The van der Waals surface area contributed by atoms with Crippen molar-refractivity contribution in [2.75, 3.05) is 23.3 Å². The fourth-order valence-electron chi connectivity index (χ4n) is 4.18. The van der Waals surface area contributed by atoms with Gasteiger partial charge in [0, 0.05) is 43.5 Å². The number of benzene rings is 1. The Hall–Kier alpha value is -3.33. The highest BCUT2D eigenvalue weighted by Crippen LogP contribution is 2.22. The van der Waals surface area contributed by atoms with E-state index in [4.69, 9.17) is 0 Å². The molecular formula is C22H27N5O4. The molecule has 0 spiro atoms. The SMILES string of the molecule is Cc1c(CCC(=O)Nc2ccc(N3CCC(O)CC3)cc2)c(=O)[nH]c2c1c(=O)[nH]n2C. The number of carbonyl (C=O) groups excluding carboxylic acids is 1. The van der Waals surface area contributed by atoms with E-state index in [1.54, 1.807) is 14.0 Å². The highest BCUT2D eigenvalue weighted by atomic mass is 16.3. The average molecular weight is 425 g/mol. The average Bonchev–Trinajstić information content (AvgIpc) is 3.02. The second-order valence-corrected chi connectivity index (χ2v) is 8.09. The van der Waals surface area contributed by atoms with Crippen molar-refractivity contribution < 1.29 is 9.90 Å². The number of carbonyl (C=O) groups is 1. The Morgan fingerprint density at radius 3 is 2.52 bits per heavy atom. The lowest BCUT2D eigenvalue weighted by Gasteiger charge is -2.31. The van der Waals surface area contributed by atoms with E-state index in [0.29, 0.717) is 27.8 Å². The molecule has 9 nitrogen and oxygen atoms in total. The van der Waals surface area contributed by atoms with E-state index in [9.17, 15) is 19.5 Å². The van der Waals surface area contributed by atoms with E-state index in [0.717, 1.165) is 31.6 Å². The molecule has 1 aliphatic heterocycles. The summed E-state index contributed by atoms with van der Waals surface area (Å²) in [6.45, 7) is 3.36. The number of piperidine rings is 1. The second-order valence-electron chi connectivity index (χ2n) is 8.09. The Bertz CT molecular complexity index is 1210. The molecule has 1 fully saturated rings. The number of nitrogens with one attached hydrogen (secondary N) is 3. The molecule has 1 aliphatic rings. The third kappa shape index (κ3) is 4.27. The van der Waals surface area contributed by atoms with E-state index in [-0.39, 0.29) is 36.0 Å². The van der Waals surface area contributed by atoms with E-state index in [2.05, 4.69) is 20.3 Å². The minimum absolute atomic E-state index is 0.131. The van der Waals surface area contributed by atoms with Gasteiger partial charge in [0.15, 0.2) is 0 Å². The summed E-state index contributed by atoms with van der Waals surface area (Å²) in [5, 5.41) is 15.6. The van der Waals surface area contributed by atoms with Crippen LogP contribution in [0.5, 0.6) is 0 Å². The van der Waals surface area contributed by atoms with Crippen molar-refractivity contribution in [1.29, 1.82) is 0 Å². The van der Waals surface area contributed by atoms with E-state index in [1.165, 1.54) is 4.68 Å². The van der Waals surface area contributed by atoms with Gasteiger partial charge >= 0.3 is 0 Å². The summed E-state index contributed by atoms with van der Waals surface area (Å²) in [6, 6.07) is 7.62. The number of amides is 1. The smallest absolute Gasteiger partial charge is 0.273 e. The zero-order chi connectivity index (χ0) is 22.1. The molecule has 0 unspecified atom stereocenters. The van der Waals surface area contributed by atoms with Crippen LogP contribution in [0, 0.1) is 6.92 Å². The highest BCUT2D eigenvalue weighted by molar-refractivity contribution is 5.91. The molecule has 3 heterocycles. The molecule has 0 saturated carbocycles. The molecule has 4 rings (SSSR count). The molecule has 0 radical (unpaired) electrons. The Kier molecular flexibility index (Phi) is 5.69. The van der Waals surface area contributed by atoms with Crippen LogP contribution in [0.4, 0.5) is 11.4 Å². The molecule has 1 amide bonds. The van der Waals surface area contributed by atoms with Crippen molar-refractivity contribution in [3.8, 4) is 0 Å². The van der Waals surface area contributed by atoms with Gasteiger partial charge in [-0.2, -0.15) is 0 Å². The minimum atomic E-state index is -0.289. The monoisotopic (exact) mass is 425 g/mol. The summed E-state index contributed by atoms with van der Waals surface area (Å²) < 4.78 is 1.48. The van der Waals surface area contributed by atoms with Crippen molar-refractivity contribution in [3.63, 3.8) is 0 Å². The largest absolute Gasteiger partial charge is 0.393 e. The van der Waals surface area contributed by atoms with Crippen LogP contribution in [0.25, 0.3) is 11.0 Å². The van der Waals surface area contributed by atoms with Gasteiger partial charge in [0.2, 0.25) is 5.91 Å². The Balaban J connectivity index is 1.40. The van der Waals surface area contributed by atoms with Crippen molar-refractivity contribution in [2.24, 2.45) is 7.05 Å². The number of rotatable bonds is 5. The molecule has 4 N–H and O–H groups in total. The van der Waals surface area contributed by atoms with Gasteiger partial charge in [0.25, 0.3) is 11.1 Å². The fourth-order valence-corrected chi connectivity index (χ4v) is 4.18. The van der Waals surface area contributed by atoms with E-state index in [1.807, 2.05) is 24.3 Å². The Morgan fingerprint density at radius 2 is 1.84 bits per heavy atom. The summed E-state index contributed by atoms with van der Waals surface area (Å²) >= 11 is 0. The van der Waals surface area contributed by atoms with Gasteiger partial charge in [-0.05, 0) is 56.0 Å². The lowest BCUT2D eigenvalue weighted by atomic mass is 10.0. The van der Waals surface area contributed by atoms with Crippen LogP contribution in [-0.2, 0) is 18.3 Å². The highest BCUT2D eigenvalue weighted by Gasteiger charge is 2.18. The number of nitrogens with zero attached hydrogens (tertiary/aromatic N) is 2. The van der Waals surface area contributed by atoms with Crippen LogP contribution in [0.1, 0.15) is 30.4 Å². The first-order valence-corrected chi connectivity index (χ1v) is 10.5. The Labute approximate surface area is 178 Å². The minimum Gasteiger partial charge on any atom is -0.393 e. The van der Waals surface area contributed by atoms with Gasteiger partial charge in [-0.3, -0.25) is 24.2 Å². The number of aromatic amines is 2. The number of pyridine rings is 1. The van der Waals surface area contributed by atoms with Crippen LogP contribution in [-0.4, -0.2) is 45.0 Å². The number of aryl methyl sites for hydroxylation is 2. The van der Waals surface area contributed by atoms with Crippen LogP contribution >= 0.6 is 0 Å². The second kappa shape index (κ2) is 8.43. The maximum atomic E-state index is 12.5. The zero-order valence-electron chi connectivity index (χ0n) is 17.7. The van der Waals surface area contributed by atoms with Crippen molar-refractivity contribution in [3.05, 3.63) is 56.1 Å². The molecule has 1 aromatic carbocycles. The number of aromatic nitrogens is 3. The molecule has 31 heavy (non-hydrogen) atoms. The number of anilines is 2. The topological polar surface area (TPSA) is 123 Å². The summed E-state index contributed by atoms with van der Waals surface area (Å²) in [4.78, 5) is 42.0. The van der Waals surface area contributed by atoms with Gasteiger partial charge < -0.3 is 20.3 Å². The number of aliphatic hydroxyl groups is 1. The first-order chi connectivity index (χ1) is 14.8. The quantitative estimate of drug-likeness (QED) is 0.492. The molecule has 9 heteroatoms. The first-order valence-electron chi connectivity index (χ1n) is 10.5. The number of fused-ring (bicyclic) bond motifs is 1.